The van der Waals surface area contributed by atoms with Crippen LogP contribution in [0.1, 0.15) is 13.8 Å². The molecule has 2 rings (SSSR count). The zero-order valence-corrected chi connectivity index (χ0v) is 13.8. The van der Waals surface area contributed by atoms with E-state index in [1.807, 2.05) is 0 Å². The molecule has 0 unspecified atom stereocenters. The van der Waals surface area contributed by atoms with Gasteiger partial charge in [-0.05, 0) is 25.2 Å². The van der Waals surface area contributed by atoms with E-state index in [9.17, 15) is 9.59 Å². The summed E-state index contributed by atoms with van der Waals surface area (Å²) in [5, 5.41) is 2.85. The van der Waals surface area contributed by atoms with Gasteiger partial charge in [-0.1, -0.05) is 19.9 Å². The van der Waals surface area contributed by atoms with E-state index in [0.29, 0.717) is 22.5 Å². The van der Waals surface area contributed by atoms with Crippen molar-refractivity contribution >= 4 is 34.4 Å². The van der Waals surface area contributed by atoms with E-state index in [0.717, 1.165) is 25.4 Å². The minimum atomic E-state index is -0.273. The highest BCUT2D eigenvalue weighted by Crippen LogP contribution is 2.18. The Balaban J connectivity index is 1.85. The van der Waals surface area contributed by atoms with Gasteiger partial charge in [0, 0.05) is 12.3 Å². The number of H-pyrrole nitrogens is 2. The zero-order chi connectivity index (χ0) is 15.9. The lowest BCUT2D eigenvalue weighted by atomic mass is 10.2. The SMILES string of the molecule is CCN(CC)CCSCC(=O)Nc1cccc2[nH]c(=O)[nH]c12. The van der Waals surface area contributed by atoms with Gasteiger partial charge in [-0.25, -0.2) is 4.79 Å². The van der Waals surface area contributed by atoms with Gasteiger partial charge in [-0.3, -0.25) is 4.79 Å². The van der Waals surface area contributed by atoms with Gasteiger partial charge in [-0.2, -0.15) is 11.8 Å². The standard InChI is InChI=1S/C15H22N4O2S/c1-3-19(4-2)8-9-22-10-13(20)16-11-6-5-7-12-14(11)18-15(21)17-12/h5-7H,3-4,8-10H2,1-2H3,(H,16,20)(H2,17,18,21). The van der Waals surface area contributed by atoms with Crippen LogP contribution in [0, 0.1) is 0 Å². The second-order valence-electron chi connectivity index (χ2n) is 4.93. The highest BCUT2D eigenvalue weighted by Gasteiger charge is 2.08. The van der Waals surface area contributed by atoms with E-state index in [4.69, 9.17) is 0 Å². The molecule has 0 spiro atoms. The number of benzene rings is 1. The Bertz CT molecular complexity index is 675. The molecule has 0 fully saturated rings. The monoisotopic (exact) mass is 322 g/mol. The van der Waals surface area contributed by atoms with Gasteiger partial charge in [0.15, 0.2) is 0 Å². The normalized spacial score (nSPS) is 11.2. The predicted molar refractivity (Wildman–Crippen MR) is 92.7 cm³/mol. The Labute approximate surface area is 133 Å². The molecule has 120 valence electrons. The van der Waals surface area contributed by atoms with Gasteiger partial charge in [0.25, 0.3) is 0 Å². The van der Waals surface area contributed by atoms with Crippen molar-refractivity contribution in [2.24, 2.45) is 0 Å². The number of nitrogens with zero attached hydrogens (tertiary/aromatic N) is 1. The van der Waals surface area contributed by atoms with Crippen LogP contribution in [0.2, 0.25) is 0 Å². The summed E-state index contributed by atoms with van der Waals surface area (Å²) in [6, 6.07) is 5.38. The number of imidazole rings is 1. The van der Waals surface area contributed by atoms with Crippen molar-refractivity contribution in [3.8, 4) is 0 Å². The molecule has 0 atom stereocenters. The minimum Gasteiger partial charge on any atom is -0.323 e. The molecule has 1 amide bonds. The summed E-state index contributed by atoms with van der Waals surface area (Å²) in [5.41, 5.74) is 1.68. The fraction of sp³-hybridized carbons (Fsp3) is 0.467. The fourth-order valence-electron chi connectivity index (χ4n) is 2.25. The largest absolute Gasteiger partial charge is 0.323 e. The smallest absolute Gasteiger partial charge is 0.323 e. The van der Waals surface area contributed by atoms with Gasteiger partial charge in [0.1, 0.15) is 0 Å². The molecule has 0 bridgehead atoms. The molecule has 7 heteroatoms. The number of aromatic amines is 2. The molecule has 0 saturated heterocycles. The lowest BCUT2D eigenvalue weighted by Crippen LogP contribution is -2.26. The van der Waals surface area contributed by atoms with E-state index in [-0.39, 0.29) is 11.6 Å². The first-order valence-corrected chi connectivity index (χ1v) is 8.60. The Morgan fingerprint density at radius 1 is 1.27 bits per heavy atom. The van der Waals surface area contributed by atoms with Crippen LogP contribution in [0.3, 0.4) is 0 Å². The van der Waals surface area contributed by atoms with Gasteiger partial charge in [0.2, 0.25) is 5.91 Å². The molecule has 0 radical (unpaired) electrons. The lowest BCUT2D eigenvalue weighted by molar-refractivity contribution is -0.113. The van der Waals surface area contributed by atoms with Crippen molar-refractivity contribution in [2.45, 2.75) is 13.8 Å². The summed E-state index contributed by atoms with van der Waals surface area (Å²) in [4.78, 5) is 31.0. The first kappa shape index (κ1) is 16.6. The van der Waals surface area contributed by atoms with Crippen LogP contribution in [0.25, 0.3) is 11.0 Å². The Hall–Kier alpha value is -1.73. The third-order valence-corrected chi connectivity index (χ3v) is 4.44. The van der Waals surface area contributed by atoms with Crippen LogP contribution in [0.4, 0.5) is 5.69 Å². The van der Waals surface area contributed by atoms with Crippen molar-refractivity contribution in [3.05, 3.63) is 28.7 Å². The molecule has 22 heavy (non-hydrogen) atoms. The summed E-state index contributed by atoms with van der Waals surface area (Å²) in [6.07, 6.45) is 0. The topological polar surface area (TPSA) is 81.0 Å². The van der Waals surface area contributed by atoms with E-state index >= 15 is 0 Å². The number of fused-ring (bicyclic) bond motifs is 1. The van der Waals surface area contributed by atoms with Crippen molar-refractivity contribution in [1.82, 2.24) is 14.9 Å². The summed E-state index contributed by atoms with van der Waals surface area (Å²) >= 11 is 1.62. The zero-order valence-electron chi connectivity index (χ0n) is 12.9. The maximum Gasteiger partial charge on any atom is 0.323 e. The highest BCUT2D eigenvalue weighted by molar-refractivity contribution is 7.99. The Morgan fingerprint density at radius 2 is 2.05 bits per heavy atom. The van der Waals surface area contributed by atoms with Crippen LogP contribution < -0.4 is 11.0 Å². The molecule has 0 aliphatic carbocycles. The third kappa shape index (κ3) is 4.38. The molecule has 3 N–H and O–H groups in total. The van der Waals surface area contributed by atoms with Crippen molar-refractivity contribution in [1.29, 1.82) is 0 Å². The first-order valence-electron chi connectivity index (χ1n) is 7.45. The van der Waals surface area contributed by atoms with E-state index in [1.165, 1.54) is 0 Å². The van der Waals surface area contributed by atoms with Crippen LogP contribution in [-0.4, -0.2) is 51.9 Å². The molecule has 1 heterocycles. The number of para-hydroxylation sites is 1. The number of amides is 1. The van der Waals surface area contributed by atoms with E-state index < -0.39 is 0 Å². The maximum atomic E-state index is 12.0. The fourth-order valence-corrected chi connectivity index (χ4v) is 3.04. The number of hydrogen-bond donors (Lipinski definition) is 3. The van der Waals surface area contributed by atoms with Crippen LogP contribution >= 0.6 is 11.8 Å². The predicted octanol–water partition coefficient (Wildman–Crippen LogP) is 1.87. The summed E-state index contributed by atoms with van der Waals surface area (Å²) in [5.74, 6) is 1.28. The van der Waals surface area contributed by atoms with Crippen molar-refractivity contribution in [2.75, 3.05) is 36.5 Å². The number of carbonyl (C=O) groups excluding carboxylic acids is 1. The number of carbonyl (C=O) groups is 1. The summed E-state index contributed by atoms with van der Waals surface area (Å²) in [7, 11) is 0. The number of nitrogens with one attached hydrogen (secondary N) is 3. The third-order valence-electron chi connectivity index (χ3n) is 3.50. The second-order valence-corrected chi connectivity index (χ2v) is 6.04. The Morgan fingerprint density at radius 3 is 2.77 bits per heavy atom. The van der Waals surface area contributed by atoms with Gasteiger partial charge >= 0.3 is 5.69 Å². The Kier molecular flexibility index (Phi) is 6.09. The highest BCUT2D eigenvalue weighted by atomic mass is 32.2. The number of rotatable bonds is 8. The molecule has 0 saturated carbocycles. The lowest BCUT2D eigenvalue weighted by Gasteiger charge is -2.17. The van der Waals surface area contributed by atoms with Crippen molar-refractivity contribution in [3.63, 3.8) is 0 Å². The van der Waals surface area contributed by atoms with Crippen molar-refractivity contribution < 1.29 is 4.79 Å². The molecule has 1 aromatic carbocycles. The second kappa shape index (κ2) is 8.05. The molecule has 2 aromatic rings. The number of aromatic nitrogens is 2. The number of hydrogen-bond acceptors (Lipinski definition) is 4. The van der Waals surface area contributed by atoms with Crippen LogP contribution in [0.5, 0.6) is 0 Å². The van der Waals surface area contributed by atoms with E-state index in [1.54, 1.807) is 30.0 Å². The summed E-state index contributed by atoms with van der Waals surface area (Å²) in [6.45, 7) is 7.34. The molecule has 0 aliphatic heterocycles. The molecular weight excluding hydrogens is 300 g/mol. The summed E-state index contributed by atoms with van der Waals surface area (Å²) < 4.78 is 0. The van der Waals surface area contributed by atoms with Crippen LogP contribution in [0.15, 0.2) is 23.0 Å². The maximum absolute atomic E-state index is 12.0. The minimum absolute atomic E-state index is 0.0564. The number of anilines is 1. The van der Waals surface area contributed by atoms with Gasteiger partial charge < -0.3 is 20.2 Å². The molecule has 6 nitrogen and oxygen atoms in total. The number of thioether (sulfide) groups is 1. The molecular formula is C15H22N4O2S. The average molecular weight is 322 g/mol. The molecule has 0 aliphatic rings. The van der Waals surface area contributed by atoms with E-state index in [2.05, 4.69) is 34.0 Å². The van der Waals surface area contributed by atoms with Gasteiger partial charge in [-0.15, -0.1) is 0 Å². The quantitative estimate of drug-likeness (QED) is 0.648. The first-order chi connectivity index (χ1) is 10.6. The van der Waals surface area contributed by atoms with Gasteiger partial charge in [0.05, 0.1) is 22.5 Å². The van der Waals surface area contributed by atoms with Crippen LogP contribution in [-0.2, 0) is 4.79 Å². The average Bonchev–Trinajstić information content (AvgIpc) is 2.89. The molecule has 1 aromatic heterocycles.